The van der Waals surface area contributed by atoms with E-state index in [1.165, 1.54) is 6.92 Å². The van der Waals surface area contributed by atoms with Crippen LogP contribution in [0.3, 0.4) is 0 Å². The number of aryl methyl sites for hydroxylation is 1. The van der Waals surface area contributed by atoms with Crippen LogP contribution in [0.2, 0.25) is 0 Å². The first kappa shape index (κ1) is 21.1. The van der Waals surface area contributed by atoms with E-state index < -0.39 is 28.1 Å². The minimum Gasteiger partial charge on any atom is -0.460 e. The molecule has 134 valence electrons. The summed E-state index contributed by atoms with van der Waals surface area (Å²) in [6.07, 6.45) is -0.0741. The molecule has 0 radical (unpaired) electrons. The molecule has 0 amide bonds. The van der Waals surface area contributed by atoms with Gasteiger partial charge in [-0.3, -0.25) is 4.79 Å². The molecule has 0 spiro atoms. The Morgan fingerprint density at radius 1 is 1.29 bits per heavy atom. The number of hydrogen-bond donors (Lipinski definition) is 1. The smallest absolute Gasteiger partial charge is 0.302 e. The van der Waals surface area contributed by atoms with Gasteiger partial charge in [0.25, 0.3) is 0 Å². The van der Waals surface area contributed by atoms with Crippen molar-refractivity contribution in [2.24, 2.45) is 5.92 Å². The average Bonchev–Trinajstić information content (AvgIpc) is 2.43. The third-order valence-corrected chi connectivity index (χ3v) is 5.47. The molecule has 0 saturated heterocycles. The van der Waals surface area contributed by atoms with Crippen LogP contribution in [0.25, 0.3) is 0 Å². The lowest BCUT2D eigenvalue weighted by Crippen LogP contribution is -2.45. The van der Waals surface area contributed by atoms with Crippen molar-refractivity contribution >= 4 is 38.6 Å². The van der Waals surface area contributed by atoms with Crippen molar-refractivity contribution in [1.82, 2.24) is 4.72 Å². The molecular formula is C17H24INO4S. The lowest BCUT2D eigenvalue weighted by Gasteiger charge is -2.28. The van der Waals surface area contributed by atoms with Crippen molar-refractivity contribution in [3.05, 3.63) is 40.0 Å². The van der Waals surface area contributed by atoms with Gasteiger partial charge < -0.3 is 4.74 Å². The Bertz CT molecular complexity index is 683. The minimum atomic E-state index is -3.74. The molecule has 0 fully saturated rings. The number of sulfonamides is 1. The van der Waals surface area contributed by atoms with E-state index in [9.17, 15) is 13.2 Å². The summed E-state index contributed by atoms with van der Waals surface area (Å²) in [5.74, 6) is -0.214. The number of ether oxygens (including phenoxy) is 1. The topological polar surface area (TPSA) is 72.5 Å². The number of halogens is 1. The maximum atomic E-state index is 12.6. The van der Waals surface area contributed by atoms with Crippen molar-refractivity contribution in [3.63, 3.8) is 0 Å². The van der Waals surface area contributed by atoms with Crippen molar-refractivity contribution in [3.8, 4) is 0 Å². The average molecular weight is 465 g/mol. The number of esters is 1. The van der Waals surface area contributed by atoms with Gasteiger partial charge >= 0.3 is 5.97 Å². The molecule has 0 bridgehead atoms. The van der Waals surface area contributed by atoms with E-state index in [4.69, 9.17) is 4.74 Å². The number of rotatable bonds is 8. The van der Waals surface area contributed by atoms with E-state index in [1.807, 2.05) is 43.4 Å². The van der Waals surface area contributed by atoms with Gasteiger partial charge in [-0.05, 0) is 54.0 Å². The van der Waals surface area contributed by atoms with Gasteiger partial charge in [0.2, 0.25) is 10.0 Å². The Morgan fingerprint density at radius 2 is 1.83 bits per heavy atom. The lowest BCUT2D eigenvalue weighted by molar-refractivity contribution is -0.147. The summed E-state index contributed by atoms with van der Waals surface area (Å²) in [5.41, 5.74) is 0.974. The molecule has 0 saturated carbocycles. The SMILES string of the molecule is C=C(I)[C@@H](NS(=O)(=O)c1ccc(C)cc1)[C@@H](CC(C)C)OC(C)=O. The summed E-state index contributed by atoms with van der Waals surface area (Å²) in [6.45, 7) is 11.0. The zero-order valence-corrected chi connectivity index (χ0v) is 17.3. The summed E-state index contributed by atoms with van der Waals surface area (Å²) in [6, 6.07) is 5.88. The van der Waals surface area contributed by atoms with E-state index in [-0.39, 0.29) is 10.8 Å². The van der Waals surface area contributed by atoms with Crippen molar-refractivity contribution in [2.75, 3.05) is 0 Å². The van der Waals surface area contributed by atoms with Gasteiger partial charge in [-0.25, -0.2) is 8.42 Å². The summed E-state index contributed by atoms with van der Waals surface area (Å²) in [7, 11) is -3.74. The van der Waals surface area contributed by atoms with Crippen molar-refractivity contribution in [2.45, 2.75) is 51.2 Å². The fraction of sp³-hybridized carbons (Fsp3) is 0.471. The summed E-state index contributed by atoms with van der Waals surface area (Å²) in [4.78, 5) is 11.6. The summed E-state index contributed by atoms with van der Waals surface area (Å²) < 4.78 is 33.8. The van der Waals surface area contributed by atoms with E-state index in [0.717, 1.165) is 5.56 Å². The first-order valence-electron chi connectivity index (χ1n) is 7.63. The minimum absolute atomic E-state index is 0.168. The van der Waals surface area contributed by atoms with Crippen LogP contribution in [0.5, 0.6) is 0 Å². The quantitative estimate of drug-likeness (QED) is 0.471. The molecule has 24 heavy (non-hydrogen) atoms. The first-order chi connectivity index (χ1) is 11.0. The summed E-state index contributed by atoms with van der Waals surface area (Å²) in [5, 5.41) is 0. The van der Waals surface area contributed by atoms with Gasteiger partial charge in [0, 0.05) is 10.5 Å². The van der Waals surface area contributed by atoms with Gasteiger partial charge in [-0.15, -0.1) is 0 Å². The Hall–Kier alpha value is -0.930. The Kier molecular flexibility index (Phi) is 7.88. The van der Waals surface area contributed by atoms with Crippen LogP contribution < -0.4 is 4.72 Å². The lowest BCUT2D eigenvalue weighted by atomic mass is 10.0. The molecule has 1 rings (SSSR count). The second-order valence-corrected chi connectivity index (χ2v) is 9.24. The van der Waals surface area contributed by atoms with Gasteiger partial charge in [0.1, 0.15) is 6.10 Å². The monoisotopic (exact) mass is 465 g/mol. The van der Waals surface area contributed by atoms with Crippen molar-refractivity contribution in [1.29, 1.82) is 0 Å². The molecule has 0 aromatic heterocycles. The maximum absolute atomic E-state index is 12.6. The van der Waals surface area contributed by atoms with Gasteiger partial charge in [-0.1, -0.05) is 38.1 Å². The Balaban J connectivity index is 3.11. The molecule has 7 heteroatoms. The third-order valence-electron chi connectivity index (χ3n) is 3.34. The van der Waals surface area contributed by atoms with Crippen LogP contribution in [0, 0.1) is 12.8 Å². The molecule has 0 aliphatic carbocycles. The molecular weight excluding hydrogens is 441 g/mol. The van der Waals surface area contributed by atoms with Crippen LogP contribution in [0.1, 0.15) is 32.8 Å². The van der Waals surface area contributed by atoms with Crippen LogP contribution in [-0.2, 0) is 19.6 Å². The number of hydrogen-bond acceptors (Lipinski definition) is 4. The first-order valence-corrected chi connectivity index (χ1v) is 10.2. The molecule has 0 heterocycles. The maximum Gasteiger partial charge on any atom is 0.302 e. The van der Waals surface area contributed by atoms with E-state index in [1.54, 1.807) is 24.3 Å². The second-order valence-electron chi connectivity index (χ2n) is 6.14. The van der Waals surface area contributed by atoms with Crippen molar-refractivity contribution < 1.29 is 17.9 Å². The highest BCUT2D eigenvalue weighted by atomic mass is 127. The fourth-order valence-electron chi connectivity index (χ4n) is 2.22. The van der Waals surface area contributed by atoms with E-state index in [0.29, 0.717) is 10.0 Å². The molecule has 5 nitrogen and oxygen atoms in total. The highest BCUT2D eigenvalue weighted by molar-refractivity contribution is 14.1. The molecule has 0 aliphatic rings. The van der Waals surface area contributed by atoms with Crippen LogP contribution in [-0.4, -0.2) is 26.5 Å². The standard InChI is InChI=1S/C17H24INO4S/c1-11(2)10-16(23-14(5)20)17(13(4)18)19-24(21,22)15-8-6-12(3)7-9-15/h6-9,11,16-17,19H,4,10H2,1-3,5H3/t16-,17-/m1/s1. The van der Waals surface area contributed by atoms with E-state index in [2.05, 4.69) is 11.3 Å². The highest BCUT2D eigenvalue weighted by Crippen LogP contribution is 2.23. The molecule has 1 aromatic carbocycles. The zero-order valence-electron chi connectivity index (χ0n) is 14.4. The van der Waals surface area contributed by atoms with Crippen LogP contribution >= 0.6 is 22.6 Å². The third kappa shape index (κ3) is 6.52. The van der Waals surface area contributed by atoms with Gasteiger partial charge in [0.15, 0.2) is 0 Å². The predicted octanol–water partition coefficient (Wildman–Crippen LogP) is 3.57. The molecule has 2 atom stereocenters. The van der Waals surface area contributed by atoms with Crippen LogP contribution in [0.15, 0.2) is 39.3 Å². The van der Waals surface area contributed by atoms with Gasteiger partial charge in [0.05, 0.1) is 10.9 Å². The highest BCUT2D eigenvalue weighted by Gasteiger charge is 2.31. The Labute approximate surface area is 158 Å². The van der Waals surface area contributed by atoms with Crippen LogP contribution in [0.4, 0.5) is 0 Å². The van der Waals surface area contributed by atoms with Gasteiger partial charge in [-0.2, -0.15) is 4.72 Å². The molecule has 0 unspecified atom stereocenters. The second kappa shape index (κ2) is 8.96. The molecule has 1 aromatic rings. The zero-order chi connectivity index (χ0) is 18.5. The number of carbonyl (C=O) groups excluding carboxylic acids is 1. The normalized spacial score (nSPS) is 14.2. The number of benzene rings is 1. The molecule has 0 aliphatic heterocycles. The Morgan fingerprint density at radius 3 is 2.25 bits per heavy atom. The largest absolute Gasteiger partial charge is 0.460 e. The predicted molar refractivity (Wildman–Crippen MR) is 103 cm³/mol. The number of nitrogens with one attached hydrogen (secondary N) is 1. The number of carbonyl (C=O) groups is 1. The fourth-order valence-corrected chi connectivity index (χ4v) is 4.25. The summed E-state index contributed by atoms with van der Waals surface area (Å²) >= 11 is 1.97. The molecule has 1 N–H and O–H groups in total. The van der Waals surface area contributed by atoms with E-state index >= 15 is 0 Å².